The van der Waals surface area contributed by atoms with Crippen LogP contribution in [0.3, 0.4) is 0 Å². The fourth-order valence-electron chi connectivity index (χ4n) is 6.65. The van der Waals surface area contributed by atoms with Gasteiger partial charge in [0.05, 0.1) is 25.0 Å². The van der Waals surface area contributed by atoms with Crippen LogP contribution in [0.2, 0.25) is 0 Å². The van der Waals surface area contributed by atoms with Crippen molar-refractivity contribution in [2.45, 2.75) is 56.5 Å². The highest BCUT2D eigenvalue weighted by Gasteiger charge is 2.55. The van der Waals surface area contributed by atoms with Gasteiger partial charge in [0.25, 0.3) is 0 Å². The molecule has 8 heteroatoms. The largest absolute Gasteiger partial charge is 0.445 e. The van der Waals surface area contributed by atoms with Crippen LogP contribution in [0.15, 0.2) is 71.7 Å². The van der Waals surface area contributed by atoms with E-state index < -0.39 is 0 Å². The Morgan fingerprint density at radius 2 is 1.95 bits per heavy atom. The molecule has 41 heavy (non-hydrogen) atoms. The molecule has 1 amide bonds. The topological polar surface area (TPSA) is 89.7 Å². The second-order valence-electron chi connectivity index (χ2n) is 11.8. The van der Waals surface area contributed by atoms with Gasteiger partial charge in [-0.1, -0.05) is 86.5 Å². The van der Waals surface area contributed by atoms with Gasteiger partial charge in [-0.05, 0) is 35.4 Å². The molecule has 2 aromatic carbocycles. The van der Waals surface area contributed by atoms with Crippen LogP contribution in [0.1, 0.15) is 78.3 Å². The van der Waals surface area contributed by atoms with Gasteiger partial charge in [0, 0.05) is 31.6 Å². The van der Waals surface area contributed by atoms with Crippen molar-refractivity contribution < 1.29 is 18.7 Å². The van der Waals surface area contributed by atoms with Gasteiger partial charge >= 0.3 is 6.09 Å². The summed E-state index contributed by atoms with van der Waals surface area (Å²) in [6.45, 7) is 7.48. The van der Waals surface area contributed by atoms with E-state index in [1.165, 1.54) is 37.7 Å². The molecule has 0 bridgehead atoms. The van der Waals surface area contributed by atoms with Gasteiger partial charge in [-0.3, -0.25) is 0 Å². The first-order valence-electron chi connectivity index (χ1n) is 14.9. The molecule has 216 valence electrons. The predicted octanol–water partition coefficient (Wildman–Crippen LogP) is 5.78. The summed E-state index contributed by atoms with van der Waals surface area (Å²) in [5.41, 5.74) is 3.52. The molecular formula is C33H40N4O4. The number of nitrogens with zero attached hydrogens (tertiary/aromatic N) is 3. The molecule has 1 saturated carbocycles. The number of hydrogen-bond donors (Lipinski definition) is 1. The van der Waals surface area contributed by atoms with E-state index in [2.05, 4.69) is 58.5 Å². The average molecular weight is 557 g/mol. The maximum Gasteiger partial charge on any atom is 0.410 e. The molecule has 0 radical (unpaired) electrons. The van der Waals surface area contributed by atoms with E-state index in [0.717, 1.165) is 24.2 Å². The Kier molecular flexibility index (Phi) is 8.49. The third-order valence-corrected chi connectivity index (χ3v) is 9.02. The lowest BCUT2D eigenvalue weighted by atomic mass is 9.73. The third kappa shape index (κ3) is 6.09. The Hall–Kier alpha value is -3.49. The summed E-state index contributed by atoms with van der Waals surface area (Å²) in [5.74, 6) is 1.50. The number of carbonyl (C=O) groups is 1. The van der Waals surface area contributed by atoms with E-state index >= 15 is 0 Å². The zero-order chi connectivity index (χ0) is 28.1. The highest BCUT2D eigenvalue weighted by molar-refractivity contribution is 5.68. The quantitative estimate of drug-likeness (QED) is 0.317. The van der Waals surface area contributed by atoms with Crippen LogP contribution in [0.25, 0.3) is 0 Å². The number of amides is 1. The molecule has 3 fully saturated rings. The Bertz CT molecular complexity index is 1320. The van der Waals surface area contributed by atoms with E-state index in [1.807, 2.05) is 18.2 Å². The molecule has 3 heterocycles. The molecule has 2 atom stereocenters. The highest BCUT2D eigenvalue weighted by Crippen LogP contribution is 2.46. The number of ether oxygens (including phenoxy) is 2. The Labute approximate surface area is 242 Å². The van der Waals surface area contributed by atoms with Crippen LogP contribution in [0.5, 0.6) is 0 Å². The van der Waals surface area contributed by atoms with Crippen molar-refractivity contribution in [3.05, 3.63) is 95.7 Å². The number of hydrogen-bond acceptors (Lipinski definition) is 7. The van der Waals surface area contributed by atoms with Crippen LogP contribution >= 0.6 is 0 Å². The number of nitrogens with one attached hydrogen (secondary N) is 1. The van der Waals surface area contributed by atoms with Crippen molar-refractivity contribution in [3.63, 3.8) is 0 Å². The minimum absolute atomic E-state index is 0.0549. The van der Waals surface area contributed by atoms with Crippen LogP contribution in [0.4, 0.5) is 4.79 Å². The molecule has 1 aliphatic carbocycles. The molecule has 6 rings (SSSR count). The van der Waals surface area contributed by atoms with E-state index in [-0.39, 0.29) is 30.0 Å². The van der Waals surface area contributed by atoms with Crippen molar-refractivity contribution in [2.24, 2.45) is 5.41 Å². The maximum atomic E-state index is 12.7. The zero-order valence-corrected chi connectivity index (χ0v) is 23.7. The van der Waals surface area contributed by atoms with Gasteiger partial charge in [0.1, 0.15) is 6.61 Å². The molecular weight excluding hydrogens is 516 g/mol. The monoisotopic (exact) mass is 556 g/mol. The lowest BCUT2D eigenvalue weighted by molar-refractivity contribution is 0.104. The second kappa shape index (κ2) is 12.6. The summed E-state index contributed by atoms with van der Waals surface area (Å²) in [6.07, 6.45) is 7.66. The maximum absolute atomic E-state index is 12.7. The van der Waals surface area contributed by atoms with Gasteiger partial charge in [-0.15, -0.1) is 10.2 Å². The van der Waals surface area contributed by atoms with Crippen molar-refractivity contribution >= 4 is 6.09 Å². The minimum Gasteiger partial charge on any atom is -0.445 e. The molecule has 1 aromatic heterocycles. The summed E-state index contributed by atoms with van der Waals surface area (Å²) in [4.78, 5) is 14.4. The van der Waals surface area contributed by atoms with Crippen LogP contribution < -0.4 is 5.32 Å². The fraction of sp³-hybridized carbons (Fsp3) is 0.485. The predicted molar refractivity (Wildman–Crippen MR) is 156 cm³/mol. The number of aromatic nitrogens is 2. The van der Waals surface area contributed by atoms with Crippen molar-refractivity contribution in [3.8, 4) is 0 Å². The van der Waals surface area contributed by atoms with Crippen LogP contribution in [-0.2, 0) is 16.1 Å². The first-order valence-corrected chi connectivity index (χ1v) is 14.9. The first kappa shape index (κ1) is 27.7. The van der Waals surface area contributed by atoms with E-state index in [4.69, 9.17) is 13.9 Å². The van der Waals surface area contributed by atoms with Crippen LogP contribution in [0, 0.1) is 5.41 Å². The van der Waals surface area contributed by atoms with E-state index in [1.54, 1.807) is 11.0 Å². The average Bonchev–Trinajstić information content (AvgIpc) is 3.65. The summed E-state index contributed by atoms with van der Waals surface area (Å²) in [7, 11) is 0. The molecule has 2 unspecified atom stereocenters. The summed E-state index contributed by atoms with van der Waals surface area (Å²) in [6, 6.07) is 19.1. The van der Waals surface area contributed by atoms with Gasteiger partial charge in [-0.25, -0.2) is 4.79 Å². The molecule has 1 N–H and O–H groups in total. The summed E-state index contributed by atoms with van der Waals surface area (Å²) in [5, 5.41) is 12.5. The number of likely N-dealkylation sites (tertiary alicyclic amines) is 1. The Morgan fingerprint density at radius 3 is 2.71 bits per heavy atom. The van der Waals surface area contributed by atoms with Gasteiger partial charge in [0.15, 0.2) is 0 Å². The van der Waals surface area contributed by atoms with Crippen molar-refractivity contribution in [2.75, 3.05) is 39.4 Å². The van der Waals surface area contributed by atoms with Crippen molar-refractivity contribution in [1.82, 2.24) is 20.4 Å². The Morgan fingerprint density at radius 1 is 1.12 bits per heavy atom. The Balaban J connectivity index is 1.24. The molecule has 3 aromatic rings. The lowest BCUT2D eigenvalue weighted by Crippen LogP contribution is -2.57. The van der Waals surface area contributed by atoms with Gasteiger partial charge in [0.2, 0.25) is 11.8 Å². The number of carbonyl (C=O) groups excluding carboxylic acids is 1. The minimum atomic E-state index is -0.329. The zero-order valence-electron chi connectivity index (χ0n) is 23.7. The normalized spacial score (nSPS) is 21.0. The number of rotatable bonds is 10. The molecule has 8 nitrogen and oxygen atoms in total. The summed E-state index contributed by atoms with van der Waals surface area (Å²) < 4.78 is 18.1. The highest BCUT2D eigenvalue weighted by atomic mass is 16.6. The molecule has 2 saturated heterocycles. The SMILES string of the molecule is C=CCOC(=O)N1CC(c2nnc(C(COCc3ccccc3)c3cccc(C4CCCCC4)c3)o2)C2(CNC2)C1. The van der Waals surface area contributed by atoms with Gasteiger partial charge < -0.3 is 24.1 Å². The second-order valence-corrected chi connectivity index (χ2v) is 11.8. The molecule has 3 aliphatic rings. The first-order chi connectivity index (χ1) is 20.1. The van der Waals surface area contributed by atoms with E-state index in [9.17, 15) is 4.79 Å². The molecule has 1 spiro atoms. The standard InChI is InChI=1S/C33H40N4O4/c1-2-16-40-32(38)37-18-29(33(23-37)21-34-22-33)31-36-35-30(41-31)28(20-39-19-24-10-5-3-6-11-24)27-15-9-14-26(17-27)25-12-7-4-8-13-25/h2-3,5-6,9-11,14-15,17,25,28-29,34H,1,4,7-8,12-13,16,18-23H2. The van der Waals surface area contributed by atoms with Gasteiger partial charge in [-0.2, -0.15) is 0 Å². The van der Waals surface area contributed by atoms with Crippen LogP contribution in [-0.4, -0.2) is 60.6 Å². The van der Waals surface area contributed by atoms with Crippen molar-refractivity contribution in [1.29, 1.82) is 0 Å². The smallest absolute Gasteiger partial charge is 0.410 e. The van der Waals surface area contributed by atoms with E-state index in [0.29, 0.717) is 44.0 Å². The summed E-state index contributed by atoms with van der Waals surface area (Å²) >= 11 is 0. The lowest BCUT2D eigenvalue weighted by Gasteiger charge is -2.42. The molecule has 2 aliphatic heterocycles. The fourth-order valence-corrected chi connectivity index (χ4v) is 6.65. The third-order valence-electron chi connectivity index (χ3n) is 9.02. The number of benzene rings is 2.